The predicted octanol–water partition coefficient (Wildman–Crippen LogP) is 3.62. The molecule has 1 saturated heterocycles. The first-order valence-corrected chi connectivity index (χ1v) is 13.2. The number of carbonyl (C=O) groups excluding carboxylic acids is 2. The number of likely N-dealkylation sites (tertiary alicyclic amines) is 1. The topological polar surface area (TPSA) is 105 Å². The number of hydrogen-bond acceptors (Lipinski definition) is 6. The molecule has 2 aromatic rings. The molecule has 1 atom stereocenters. The van der Waals surface area contributed by atoms with Crippen LogP contribution in [0.3, 0.4) is 0 Å². The van der Waals surface area contributed by atoms with Crippen LogP contribution in [0, 0.1) is 6.92 Å². The molecule has 2 amide bonds. The lowest BCUT2D eigenvalue weighted by molar-refractivity contribution is -0.133. The van der Waals surface area contributed by atoms with Gasteiger partial charge in [-0.05, 0) is 55.7 Å². The molecule has 0 aromatic heterocycles. The monoisotopic (exact) mass is 489 g/mol. The number of rotatable bonds is 5. The Balaban J connectivity index is 1.55. The van der Waals surface area contributed by atoms with Crippen molar-refractivity contribution in [2.45, 2.75) is 47.6 Å². The van der Waals surface area contributed by atoms with Crippen LogP contribution in [-0.2, 0) is 19.6 Å². The van der Waals surface area contributed by atoms with Gasteiger partial charge in [0.25, 0.3) is 10.0 Å². The fourth-order valence-electron chi connectivity index (χ4n) is 3.98. The molecule has 1 fully saturated rings. The van der Waals surface area contributed by atoms with Gasteiger partial charge in [-0.1, -0.05) is 18.9 Å². The SMILES string of the molecule is COc1ccc(C)cc1NS(=O)(=O)c1ccc2c(c1)NC(=O)[C@@H](C(=O)N1CCCCCC1)S2. The number of thioether (sulfide) groups is 1. The quantitative estimate of drug-likeness (QED) is 0.622. The zero-order valence-electron chi connectivity index (χ0n) is 18.6. The summed E-state index contributed by atoms with van der Waals surface area (Å²) >= 11 is 1.17. The average molecular weight is 490 g/mol. The van der Waals surface area contributed by atoms with Gasteiger partial charge in [-0.25, -0.2) is 8.42 Å². The summed E-state index contributed by atoms with van der Waals surface area (Å²) in [6.45, 7) is 3.19. The van der Waals surface area contributed by atoms with E-state index in [1.807, 2.05) is 13.0 Å². The van der Waals surface area contributed by atoms with E-state index in [1.165, 1.54) is 31.0 Å². The Morgan fingerprint density at radius 3 is 2.55 bits per heavy atom. The Morgan fingerprint density at radius 2 is 1.85 bits per heavy atom. The number of methoxy groups -OCH3 is 1. The lowest BCUT2D eigenvalue weighted by Gasteiger charge is -2.29. The molecule has 0 saturated carbocycles. The number of carbonyl (C=O) groups is 2. The first-order valence-electron chi connectivity index (χ1n) is 10.9. The Kier molecular flexibility index (Phi) is 6.85. The van der Waals surface area contributed by atoms with Crippen molar-refractivity contribution < 1.29 is 22.7 Å². The van der Waals surface area contributed by atoms with Gasteiger partial charge >= 0.3 is 0 Å². The fourth-order valence-corrected chi connectivity index (χ4v) is 6.12. The molecule has 4 rings (SSSR count). The van der Waals surface area contributed by atoms with E-state index in [0.29, 0.717) is 35.1 Å². The molecule has 176 valence electrons. The van der Waals surface area contributed by atoms with E-state index in [0.717, 1.165) is 31.2 Å². The van der Waals surface area contributed by atoms with Crippen molar-refractivity contribution in [3.8, 4) is 5.75 Å². The fraction of sp³-hybridized carbons (Fsp3) is 0.391. The van der Waals surface area contributed by atoms with Gasteiger partial charge < -0.3 is 15.0 Å². The predicted molar refractivity (Wildman–Crippen MR) is 128 cm³/mol. The van der Waals surface area contributed by atoms with Crippen molar-refractivity contribution in [3.05, 3.63) is 42.0 Å². The van der Waals surface area contributed by atoms with Crippen molar-refractivity contribution in [3.63, 3.8) is 0 Å². The van der Waals surface area contributed by atoms with Crippen LogP contribution < -0.4 is 14.8 Å². The highest BCUT2D eigenvalue weighted by molar-refractivity contribution is 8.01. The van der Waals surface area contributed by atoms with Crippen LogP contribution in [0.2, 0.25) is 0 Å². The molecule has 0 spiro atoms. The summed E-state index contributed by atoms with van der Waals surface area (Å²) in [5.74, 6) is -0.208. The molecular weight excluding hydrogens is 462 g/mol. The van der Waals surface area contributed by atoms with Crippen molar-refractivity contribution in [2.24, 2.45) is 0 Å². The highest BCUT2D eigenvalue weighted by Crippen LogP contribution is 2.38. The Labute approximate surface area is 198 Å². The minimum absolute atomic E-state index is 0.00278. The van der Waals surface area contributed by atoms with E-state index >= 15 is 0 Å². The number of amides is 2. The van der Waals surface area contributed by atoms with Crippen LogP contribution in [0.1, 0.15) is 31.2 Å². The standard InChI is InChI=1S/C23H27N3O5S2/c1-15-7-9-19(31-2)17(13-15)25-33(29,30)16-8-10-20-18(14-16)24-22(27)21(32-20)23(28)26-11-5-3-4-6-12-26/h7-10,13-14,21,25H,3-6,11-12H2,1-2H3,(H,24,27)/t21-/m0/s1. The maximum Gasteiger partial charge on any atom is 0.262 e. The highest BCUT2D eigenvalue weighted by Gasteiger charge is 2.36. The summed E-state index contributed by atoms with van der Waals surface area (Å²) in [5.41, 5.74) is 1.59. The summed E-state index contributed by atoms with van der Waals surface area (Å²) in [4.78, 5) is 28.1. The zero-order valence-corrected chi connectivity index (χ0v) is 20.2. The molecule has 8 nitrogen and oxygen atoms in total. The number of anilines is 2. The van der Waals surface area contributed by atoms with Crippen LogP contribution in [0.4, 0.5) is 11.4 Å². The van der Waals surface area contributed by atoms with Gasteiger partial charge in [0.15, 0.2) is 5.25 Å². The third-order valence-corrected chi connectivity index (χ3v) is 8.37. The smallest absolute Gasteiger partial charge is 0.262 e. The number of ether oxygens (including phenoxy) is 1. The van der Waals surface area contributed by atoms with Crippen LogP contribution in [0.15, 0.2) is 46.2 Å². The van der Waals surface area contributed by atoms with Gasteiger partial charge in [0, 0.05) is 18.0 Å². The molecule has 2 aliphatic heterocycles. The van der Waals surface area contributed by atoms with E-state index in [4.69, 9.17) is 4.74 Å². The number of benzene rings is 2. The van der Waals surface area contributed by atoms with E-state index in [-0.39, 0.29) is 10.8 Å². The first kappa shape index (κ1) is 23.4. The van der Waals surface area contributed by atoms with Crippen LogP contribution >= 0.6 is 11.8 Å². The maximum absolute atomic E-state index is 13.0. The van der Waals surface area contributed by atoms with Crippen molar-refractivity contribution in [1.82, 2.24) is 4.90 Å². The van der Waals surface area contributed by atoms with E-state index in [9.17, 15) is 18.0 Å². The number of hydrogen-bond donors (Lipinski definition) is 2. The molecule has 2 aliphatic rings. The van der Waals surface area contributed by atoms with E-state index in [2.05, 4.69) is 10.0 Å². The van der Waals surface area contributed by atoms with Gasteiger partial charge in [-0.2, -0.15) is 0 Å². The Morgan fingerprint density at radius 1 is 1.12 bits per heavy atom. The van der Waals surface area contributed by atoms with Crippen molar-refractivity contribution >= 4 is 45.0 Å². The molecule has 2 heterocycles. The van der Waals surface area contributed by atoms with E-state index in [1.54, 1.807) is 23.1 Å². The third-order valence-electron chi connectivity index (χ3n) is 5.74. The zero-order chi connectivity index (χ0) is 23.6. The minimum atomic E-state index is -3.93. The van der Waals surface area contributed by atoms with Crippen molar-refractivity contribution in [1.29, 1.82) is 0 Å². The second kappa shape index (κ2) is 9.64. The molecule has 2 N–H and O–H groups in total. The molecule has 0 radical (unpaired) electrons. The Bertz CT molecular complexity index is 1170. The summed E-state index contributed by atoms with van der Waals surface area (Å²) in [5, 5.41) is 1.86. The van der Waals surface area contributed by atoms with Gasteiger partial charge in [0.2, 0.25) is 11.8 Å². The van der Waals surface area contributed by atoms with Gasteiger partial charge in [0.1, 0.15) is 5.75 Å². The maximum atomic E-state index is 13.0. The summed E-state index contributed by atoms with van der Waals surface area (Å²) < 4.78 is 33.8. The number of nitrogens with one attached hydrogen (secondary N) is 2. The first-order chi connectivity index (χ1) is 15.8. The highest BCUT2D eigenvalue weighted by atomic mass is 32.2. The van der Waals surface area contributed by atoms with Crippen LogP contribution in [0.5, 0.6) is 5.75 Å². The molecule has 2 aromatic carbocycles. The van der Waals surface area contributed by atoms with Crippen LogP contribution in [0.25, 0.3) is 0 Å². The molecule has 33 heavy (non-hydrogen) atoms. The lowest BCUT2D eigenvalue weighted by Crippen LogP contribution is -2.45. The molecule has 10 heteroatoms. The lowest BCUT2D eigenvalue weighted by atomic mass is 10.2. The number of nitrogens with zero attached hydrogens (tertiary/aromatic N) is 1. The van der Waals surface area contributed by atoms with E-state index < -0.39 is 21.2 Å². The second-order valence-electron chi connectivity index (χ2n) is 8.19. The summed E-state index contributed by atoms with van der Waals surface area (Å²) in [7, 11) is -2.46. The number of sulfonamides is 1. The van der Waals surface area contributed by atoms with Crippen LogP contribution in [-0.4, -0.2) is 50.6 Å². The molecular formula is C23H27N3O5S2. The second-order valence-corrected chi connectivity index (χ2v) is 11.0. The molecule has 0 unspecified atom stereocenters. The van der Waals surface area contributed by atoms with Gasteiger partial charge in [0.05, 0.1) is 23.4 Å². The minimum Gasteiger partial charge on any atom is -0.495 e. The normalized spacial score (nSPS) is 18.7. The average Bonchev–Trinajstić information content (AvgIpc) is 3.07. The van der Waals surface area contributed by atoms with Crippen molar-refractivity contribution in [2.75, 3.05) is 30.2 Å². The number of aryl methyl sites for hydroxylation is 1. The number of fused-ring (bicyclic) bond motifs is 1. The summed E-state index contributed by atoms with van der Waals surface area (Å²) in [6, 6.07) is 9.72. The summed E-state index contributed by atoms with van der Waals surface area (Å²) in [6.07, 6.45) is 4.08. The Hall–Kier alpha value is -2.72. The molecule has 0 bridgehead atoms. The van der Waals surface area contributed by atoms with Gasteiger partial charge in [-0.3, -0.25) is 14.3 Å². The van der Waals surface area contributed by atoms with Gasteiger partial charge in [-0.15, -0.1) is 11.8 Å². The third kappa shape index (κ3) is 5.11. The molecule has 0 aliphatic carbocycles. The largest absolute Gasteiger partial charge is 0.495 e.